The molecule has 2 heterocycles. The van der Waals surface area contributed by atoms with E-state index in [0.29, 0.717) is 22.6 Å². The highest BCUT2D eigenvalue weighted by molar-refractivity contribution is 7.22. The number of para-hydroxylation sites is 2. The molecular formula is C27H24N4O3S. The standard InChI is InChI=1S/C27H24N4O3S/c1-3-29-25(33)20-13-7-8-14-21(20)30(27(29)34)17-23(32)31(16-19-11-5-4-6-12-19)26-28-24-18(2)10-9-15-22(24)35-26/h4-15H,3,16-17H2,1-2H3. The van der Waals surface area contributed by atoms with Gasteiger partial charge in [0.05, 0.1) is 27.7 Å². The largest absolute Gasteiger partial charge is 0.331 e. The third-order valence-electron chi connectivity index (χ3n) is 6.07. The first-order valence-corrected chi connectivity index (χ1v) is 12.2. The van der Waals surface area contributed by atoms with Gasteiger partial charge in [0.25, 0.3) is 5.56 Å². The van der Waals surface area contributed by atoms with Crippen LogP contribution in [0, 0.1) is 6.92 Å². The lowest BCUT2D eigenvalue weighted by Crippen LogP contribution is -2.43. The lowest BCUT2D eigenvalue weighted by Gasteiger charge is -2.21. The second kappa shape index (κ2) is 9.31. The molecule has 0 saturated heterocycles. The van der Waals surface area contributed by atoms with Crippen molar-refractivity contribution in [2.24, 2.45) is 0 Å². The summed E-state index contributed by atoms with van der Waals surface area (Å²) in [6.07, 6.45) is 0. The summed E-state index contributed by atoms with van der Waals surface area (Å²) in [5, 5.41) is 0.983. The SMILES string of the molecule is CCn1c(=O)c2ccccc2n(CC(=O)N(Cc2ccccc2)c2nc3c(C)cccc3s2)c1=O. The Morgan fingerprint density at radius 3 is 2.43 bits per heavy atom. The van der Waals surface area contributed by atoms with Crippen molar-refractivity contribution in [1.82, 2.24) is 14.1 Å². The van der Waals surface area contributed by atoms with Crippen molar-refractivity contribution in [2.45, 2.75) is 33.5 Å². The normalized spacial score (nSPS) is 11.3. The highest BCUT2D eigenvalue weighted by atomic mass is 32.1. The van der Waals surface area contributed by atoms with Crippen LogP contribution in [0.2, 0.25) is 0 Å². The second-order valence-electron chi connectivity index (χ2n) is 8.32. The summed E-state index contributed by atoms with van der Waals surface area (Å²) in [7, 11) is 0. The van der Waals surface area contributed by atoms with Crippen LogP contribution in [0.5, 0.6) is 0 Å². The number of nitrogens with zero attached hydrogens (tertiary/aromatic N) is 4. The number of carbonyl (C=O) groups excluding carboxylic acids is 1. The molecule has 0 atom stereocenters. The van der Waals surface area contributed by atoms with E-state index in [-0.39, 0.29) is 24.6 Å². The number of benzene rings is 3. The molecule has 0 aliphatic rings. The van der Waals surface area contributed by atoms with Gasteiger partial charge in [-0.3, -0.25) is 23.6 Å². The summed E-state index contributed by atoms with van der Waals surface area (Å²) < 4.78 is 3.55. The third kappa shape index (κ3) is 4.17. The predicted molar refractivity (Wildman–Crippen MR) is 140 cm³/mol. The Balaban J connectivity index is 1.62. The van der Waals surface area contributed by atoms with E-state index in [1.54, 1.807) is 36.1 Å². The number of aryl methyl sites for hydroxylation is 1. The Labute approximate surface area is 205 Å². The first-order chi connectivity index (χ1) is 17.0. The molecule has 0 aliphatic heterocycles. The Morgan fingerprint density at radius 1 is 0.943 bits per heavy atom. The van der Waals surface area contributed by atoms with Gasteiger partial charge in [-0.1, -0.05) is 65.9 Å². The molecule has 8 heteroatoms. The van der Waals surface area contributed by atoms with Crippen LogP contribution in [0.25, 0.3) is 21.1 Å². The number of aromatic nitrogens is 3. The Hall–Kier alpha value is -4.04. The summed E-state index contributed by atoms with van der Waals surface area (Å²) in [5.41, 5.74) is 2.45. The number of hydrogen-bond donors (Lipinski definition) is 0. The summed E-state index contributed by atoms with van der Waals surface area (Å²) in [6.45, 7) is 4.07. The molecule has 176 valence electrons. The molecule has 0 saturated carbocycles. The molecule has 0 aliphatic carbocycles. The van der Waals surface area contributed by atoms with E-state index in [2.05, 4.69) is 0 Å². The lowest BCUT2D eigenvalue weighted by atomic mass is 10.2. The molecule has 0 radical (unpaired) electrons. The van der Waals surface area contributed by atoms with Gasteiger partial charge >= 0.3 is 5.69 Å². The maximum absolute atomic E-state index is 13.8. The molecule has 5 aromatic rings. The van der Waals surface area contributed by atoms with Gasteiger partial charge in [0.2, 0.25) is 5.91 Å². The Kier molecular flexibility index (Phi) is 6.05. The zero-order valence-corrected chi connectivity index (χ0v) is 20.3. The number of thiazole rings is 1. The zero-order valence-electron chi connectivity index (χ0n) is 19.5. The van der Waals surface area contributed by atoms with Crippen LogP contribution in [-0.4, -0.2) is 20.0 Å². The van der Waals surface area contributed by atoms with Gasteiger partial charge in [0, 0.05) is 6.54 Å². The molecular weight excluding hydrogens is 460 g/mol. The minimum Gasteiger partial charge on any atom is -0.284 e. The van der Waals surface area contributed by atoms with E-state index < -0.39 is 5.69 Å². The average molecular weight is 485 g/mol. The minimum atomic E-state index is -0.496. The number of amides is 1. The average Bonchev–Trinajstić information content (AvgIpc) is 3.31. The lowest BCUT2D eigenvalue weighted by molar-refractivity contribution is -0.119. The number of anilines is 1. The van der Waals surface area contributed by atoms with E-state index in [1.165, 1.54) is 15.9 Å². The van der Waals surface area contributed by atoms with Gasteiger partial charge in [0.1, 0.15) is 6.54 Å². The number of carbonyl (C=O) groups is 1. The first-order valence-electron chi connectivity index (χ1n) is 11.4. The molecule has 0 unspecified atom stereocenters. The fraction of sp³-hybridized carbons (Fsp3) is 0.185. The zero-order chi connectivity index (χ0) is 24.5. The minimum absolute atomic E-state index is 0.207. The van der Waals surface area contributed by atoms with Crippen molar-refractivity contribution in [3.8, 4) is 0 Å². The van der Waals surface area contributed by atoms with Crippen molar-refractivity contribution in [2.75, 3.05) is 4.90 Å². The van der Waals surface area contributed by atoms with E-state index in [4.69, 9.17) is 4.98 Å². The number of rotatable bonds is 6. The van der Waals surface area contributed by atoms with Gasteiger partial charge < -0.3 is 0 Å². The Morgan fingerprint density at radius 2 is 1.69 bits per heavy atom. The molecule has 1 amide bonds. The second-order valence-corrected chi connectivity index (χ2v) is 9.33. The molecule has 0 spiro atoms. The van der Waals surface area contributed by atoms with Gasteiger partial charge in [-0.25, -0.2) is 9.78 Å². The third-order valence-corrected chi connectivity index (χ3v) is 7.11. The molecule has 3 aromatic carbocycles. The van der Waals surface area contributed by atoms with Crippen molar-refractivity contribution >= 4 is 43.5 Å². The fourth-order valence-electron chi connectivity index (χ4n) is 4.24. The van der Waals surface area contributed by atoms with Crippen molar-refractivity contribution in [3.63, 3.8) is 0 Å². The van der Waals surface area contributed by atoms with Crippen LogP contribution in [-0.2, 0) is 24.4 Å². The highest BCUT2D eigenvalue weighted by Crippen LogP contribution is 2.31. The van der Waals surface area contributed by atoms with Crippen LogP contribution in [0.3, 0.4) is 0 Å². The Bertz CT molecular complexity index is 1670. The molecule has 0 fully saturated rings. The van der Waals surface area contributed by atoms with Crippen LogP contribution in [0.4, 0.5) is 5.13 Å². The van der Waals surface area contributed by atoms with Crippen molar-refractivity contribution < 1.29 is 4.79 Å². The fourth-order valence-corrected chi connectivity index (χ4v) is 5.30. The number of hydrogen-bond acceptors (Lipinski definition) is 5. The van der Waals surface area contributed by atoms with Gasteiger partial charge in [0.15, 0.2) is 5.13 Å². The van der Waals surface area contributed by atoms with E-state index >= 15 is 0 Å². The van der Waals surface area contributed by atoms with Crippen LogP contribution in [0.15, 0.2) is 82.4 Å². The quantitative estimate of drug-likeness (QED) is 0.359. The number of fused-ring (bicyclic) bond motifs is 2. The van der Waals surface area contributed by atoms with E-state index in [0.717, 1.165) is 25.9 Å². The van der Waals surface area contributed by atoms with Crippen LogP contribution < -0.4 is 16.1 Å². The molecule has 5 rings (SSSR count). The van der Waals surface area contributed by atoms with E-state index in [9.17, 15) is 14.4 Å². The van der Waals surface area contributed by atoms with Gasteiger partial charge in [-0.05, 0) is 43.2 Å². The van der Waals surface area contributed by atoms with Gasteiger partial charge in [-0.2, -0.15) is 0 Å². The van der Waals surface area contributed by atoms with Crippen molar-refractivity contribution in [3.05, 3.63) is 105 Å². The summed E-state index contributed by atoms with van der Waals surface area (Å²) in [5.74, 6) is -0.279. The molecule has 0 N–H and O–H groups in total. The van der Waals surface area contributed by atoms with Crippen LogP contribution in [0.1, 0.15) is 18.1 Å². The maximum Gasteiger partial charge on any atom is 0.331 e. The maximum atomic E-state index is 13.8. The molecule has 0 bridgehead atoms. The topological polar surface area (TPSA) is 77.2 Å². The van der Waals surface area contributed by atoms with Crippen LogP contribution >= 0.6 is 11.3 Å². The predicted octanol–water partition coefficient (Wildman–Crippen LogP) is 4.33. The monoisotopic (exact) mass is 484 g/mol. The summed E-state index contributed by atoms with van der Waals surface area (Å²) in [4.78, 5) is 46.2. The summed E-state index contributed by atoms with van der Waals surface area (Å²) >= 11 is 1.45. The molecule has 35 heavy (non-hydrogen) atoms. The molecule has 2 aromatic heterocycles. The smallest absolute Gasteiger partial charge is 0.284 e. The van der Waals surface area contributed by atoms with Gasteiger partial charge in [-0.15, -0.1) is 0 Å². The highest BCUT2D eigenvalue weighted by Gasteiger charge is 2.23. The summed E-state index contributed by atoms with van der Waals surface area (Å²) in [6, 6.07) is 22.6. The molecule has 7 nitrogen and oxygen atoms in total. The van der Waals surface area contributed by atoms with Crippen molar-refractivity contribution in [1.29, 1.82) is 0 Å². The first kappa shape index (κ1) is 22.7. The van der Waals surface area contributed by atoms with E-state index in [1.807, 2.05) is 55.5 Å².